The molecule has 3 aliphatic heterocycles. The van der Waals surface area contributed by atoms with Gasteiger partial charge in [-0.2, -0.15) is 0 Å². The first-order chi connectivity index (χ1) is 21.3. The van der Waals surface area contributed by atoms with Gasteiger partial charge in [0.05, 0.1) is 36.6 Å². The molecule has 0 saturated carbocycles. The van der Waals surface area contributed by atoms with Crippen molar-refractivity contribution in [3.05, 3.63) is 61.2 Å². The van der Waals surface area contributed by atoms with Crippen molar-refractivity contribution in [1.82, 2.24) is 15.1 Å². The van der Waals surface area contributed by atoms with E-state index in [0.717, 1.165) is 18.4 Å². The Morgan fingerprint density at radius 3 is 2.61 bits per heavy atom. The number of aliphatic hydroxyl groups is 1. The van der Waals surface area contributed by atoms with Gasteiger partial charge in [-0.1, -0.05) is 62.8 Å². The van der Waals surface area contributed by atoms with E-state index in [9.17, 15) is 24.3 Å². The average Bonchev–Trinajstić information content (AvgIpc) is 3.68. The molecule has 44 heavy (non-hydrogen) atoms. The van der Waals surface area contributed by atoms with Crippen LogP contribution >= 0.6 is 0 Å². The Balaban J connectivity index is 1.65. The summed E-state index contributed by atoms with van der Waals surface area (Å²) in [5.41, 5.74) is -0.417. The monoisotopic (exact) mass is 609 g/mol. The molecule has 3 heterocycles. The third-order valence-corrected chi connectivity index (χ3v) is 9.27. The van der Waals surface area contributed by atoms with Gasteiger partial charge in [-0.25, -0.2) is 0 Å². The maximum absolute atomic E-state index is 14.3. The number of fused-ring (bicyclic) bond motifs is 1. The van der Waals surface area contributed by atoms with Crippen LogP contribution in [0.15, 0.2) is 55.6 Å². The number of benzene rings is 1. The number of aliphatic hydroxyl groups excluding tert-OH is 1. The first-order valence-corrected chi connectivity index (χ1v) is 15.9. The fourth-order valence-electron chi connectivity index (χ4n) is 7.09. The molecule has 3 aliphatic rings. The first-order valence-electron chi connectivity index (χ1n) is 15.9. The summed E-state index contributed by atoms with van der Waals surface area (Å²) in [6, 6.07) is 7.04. The van der Waals surface area contributed by atoms with Gasteiger partial charge in [0.2, 0.25) is 17.7 Å². The minimum atomic E-state index is -1.17. The lowest BCUT2D eigenvalue weighted by atomic mass is 9.70. The number of nitrogens with zero attached hydrogens (tertiary/aromatic N) is 2. The minimum absolute atomic E-state index is 0.0721. The molecule has 240 valence electrons. The Morgan fingerprint density at radius 2 is 1.98 bits per heavy atom. The van der Waals surface area contributed by atoms with Crippen LogP contribution in [0.4, 0.5) is 0 Å². The zero-order chi connectivity index (χ0) is 31.9. The lowest BCUT2D eigenvalue weighted by Gasteiger charge is -2.39. The van der Waals surface area contributed by atoms with Crippen molar-refractivity contribution in [2.75, 3.05) is 26.3 Å². The number of nitrogens with one attached hydrogen (secondary N) is 1. The molecule has 1 aromatic carbocycles. The smallest absolute Gasteiger partial charge is 0.306 e. The fraction of sp³-hybridized carbons (Fsp3) is 0.588. The molecule has 7 atom stereocenters. The predicted molar refractivity (Wildman–Crippen MR) is 165 cm³/mol. The van der Waals surface area contributed by atoms with Gasteiger partial charge < -0.3 is 29.7 Å². The quantitative estimate of drug-likeness (QED) is 0.205. The zero-order valence-electron chi connectivity index (χ0n) is 26.0. The van der Waals surface area contributed by atoms with Gasteiger partial charge in [0.15, 0.2) is 0 Å². The largest absolute Gasteiger partial charge is 0.463 e. The normalized spacial score (nSPS) is 26.5. The van der Waals surface area contributed by atoms with Gasteiger partial charge in [-0.15, -0.1) is 13.2 Å². The van der Waals surface area contributed by atoms with Gasteiger partial charge in [-0.3, -0.25) is 19.2 Å². The number of carbonyl (C=O) groups is 4. The fourth-order valence-corrected chi connectivity index (χ4v) is 7.09. The molecule has 0 radical (unpaired) electrons. The van der Waals surface area contributed by atoms with Gasteiger partial charge >= 0.3 is 5.97 Å². The van der Waals surface area contributed by atoms with Crippen molar-refractivity contribution in [2.45, 2.75) is 88.6 Å². The number of allylic oxidation sites excluding steroid dienone is 1. The first kappa shape index (κ1) is 33.4. The number of hydrogen-bond donors (Lipinski definition) is 2. The zero-order valence-corrected chi connectivity index (χ0v) is 26.0. The molecule has 4 rings (SSSR count). The van der Waals surface area contributed by atoms with E-state index in [1.807, 2.05) is 44.2 Å². The number of ether oxygens (including phenoxy) is 2. The number of rotatable bonds is 17. The lowest BCUT2D eigenvalue weighted by Crippen LogP contribution is -2.58. The van der Waals surface area contributed by atoms with Crippen LogP contribution in [0.2, 0.25) is 0 Å². The van der Waals surface area contributed by atoms with Crippen molar-refractivity contribution >= 4 is 23.7 Å². The molecule has 0 aliphatic carbocycles. The molecule has 3 amide bonds. The summed E-state index contributed by atoms with van der Waals surface area (Å²) in [6.07, 6.45) is 6.57. The highest BCUT2D eigenvalue weighted by Crippen LogP contribution is 2.59. The van der Waals surface area contributed by atoms with Crippen LogP contribution in [0.1, 0.15) is 70.4 Å². The van der Waals surface area contributed by atoms with E-state index in [1.54, 1.807) is 17.1 Å². The molecule has 2 N–H and O–H groups in total. The van der Waals surface area contributed by atoms with Crippen LogP contribution in [-0.2, 0) is 28.7 Å². The number of esters is 1. The SMILES string of the molecule is C=CCCC(=O)OC[C@@H](NC(=O)[C@@H]1[C@@H]2CC[C@]3(O2)[C@H](C(=O)N(CC=C)CCCC)N([C@@H](CC)CO)C(=O)[C@@H]13)c1ccccc1. The number of unbranched alkanes of at least 4 members (excludes halogenated alkanes) is 1. The number of hydrogen-bond acceptors (Lipinski definition) is 7. The molecule has 3 saturated heterocycles. The highest BCUT2D eigenvalue weighted by atomic mass is 16.5. The summed E-state index contributed by atoms with van der Waals surface area (Å²) in [5, 5.41) is 13.3. The standard InChI is InChI=1S/C34H47N3O7/c1-5-9-16-27(39)43-22-25(23-14-12-11-13-15-23)35-31(40)28-26-17-18-34(44-26)29(28)32(41)37(24(8-4)21-38)30(34)33(42)36(19-7-3)20-10-6-2/h5,7,11-15,24-26,28-30,38H,1,3,6,8-10,16-22H2,2,4H3,(H,35,40)/t24-,25+,26-,28+,29+,30-,34+/m0/s1. The Labute approximate surface area is 260 Å². The second-order valence-corrected chi connectivity index (χ2v) is 12.0. The molecule has 0 unspecified atom stereocenters. The summed E-state index contributed by atoms with van der Waals surface area (Å²) in [4.78, 5) is 58.2. The molecule has 0 aromatic heterocycles. The number of likely N-dealkylation sites (tertiary alicyclic amines) is 1. The maximum Gasteiger partial charge on any atom is 0.306 e. The Hall–Kier alpha value is -3.50. The second-order valence-electron chi connectivity index (χ2n) is 12.0. The van der Waals surface area contributed by atoms with Crippen molar-refractivity contribution in [3.63, 3.8) is 0 Å². The summed E-state index contributed by atoms with van der Waals surface area (Å²) >= 11 is 0. The van der Waals surface area contributed by atoms with Gasteiger partial charge in [0.25, 0.3) is 0 Å². The molecule has 10 heteroatoms. The van der Waals surface area contributed by atoms with E-state index < -0.39 is 47.6 Å². The predicted octanol–water partition coefficient (Wildman–Crippen LogP) is 3.31. The van der Waals surface area contributed by atoms with Crippen molar-refractivity contribution in [2.24, 2.45) is 11.8 Å². The van der Waals surface area contributed by atoms with Crippen LogP contribution in [0, 0.1) is 11.8 Å². The topological polar surface area (TPSA) is 125 Å². The highest BCUT2D eigenvalue weighted by molar-refractivity contribution is 5.99. The average molecular weight is 610 g/mol. The maximum atomic E-state index is 14.3. The van der Waals surface area contributed by atoms with E-state index in [0.29, 0.717) is 38.8 Å². The van der Waals surface area contributed by atoms with Crippen molar-refractivity contribution in [3.8, 4) is 0 Å². The molecule has 2 bridgehead atoms. The third kappa shape index (κ3) is 6.47. The molecule has 1 aromatic rings. The van der Waals surface area contributed by atoms with Gasteiger partial charge in [0.1, 0.15) is 18.2 Å². The van der Waals surface area contributed by atoms with Crippen molar-refractivity contribution < 1.29 is 33.8 Å². The van der Waals surface area contributed by atoms with E-state index in [-0.39, 0.29) is 37.4 Å². The number of amides is 3. The molecular formula is C34H47N3O7. The third-order valence-electron chi connectivity index (χ3n) is 9.27. The van der Waals surface area contributed by atoms with Crippen LogP contribution in [0.5, 0.6) is 0 Å². The molecule has 1 spiro atoms. The van der Waals surface area contributed by atoms with Crippen LogP contribution < -0.4 is 5.32 Å². The van der Waals surface area contributed by atoms with E-state index >= 15 is 0 Å². The molecular weight excluding hydrogens is 562 g/mol. The lowest BCUT2D eigenvalue weighted by molar-refractivity contribution is -0.151. The minimum Gasteiger partial charge on any atom is -0.463 e. The van der Waals surface area contributed by atoms with Crippen LogP contribution in [-0.4, -0.2) is 88.7 Å². The molecule has 10 nitrogen and oxygen atoms in total. The van der Waals surface area contributed by atoms with E-state index in [2.05, 4.69) is 18.5 Å². The van der Waals surface area contributed by atoms with E-state index in [4.69, 9.17) is 9.47 Å². The Kier molecular flexibility index (Phi) is 11.4. The Bertz CT molecular complexity index is 1200. The molecule has 3 fully saturated rings. The summed E-state index contributed by atoms with van der Waals surface area (Å²) < 4.78 is 12.1. The van der Waals surface area contributed by atoms with E-state index in [1.165, 1.54) is 4.90 Å². The Morgan fingerprint density at radius 1 is 1.23 bits per heavy atom. The highest BCUT2D eigenvalue weighted by Gasteiger charge is 2.75. The second kappa shape index (κ2) is 15.0. The van der Waals surface area contributed by atoms with Crippen molar-refractivity contribution in [1.29, 1.82) is 0 Å². The van der Waals surface area contributed by atoms with Crippen LogP contribution in [0.3, 0.4) is 0 Å². The van der Waals surface area contributed by atoms with Gasteiger partial charge in [-0.05, 0) is 37.7 Å². The summed E-state index contributed by atoms with van der Waals surface area (Å²) in [5.74, 6) is -3.07. The summed E-state index contributed by atoms with van der Waals surface area (Å²) in [6.45, 7) is 11.8. The van der Waals surface area contributed by atoms with Crippen LogP contribution in [0.25, 0.3) is 0 Å². The number of carbonyl (C=O) groups excluding carboxylic acids is 4. The van der Waals surface area contributed by atoms with Gasteiger partial charge in [0, 0.05) is 19.5 Å². The summed E-state index contributed by atoms with van der Waals surface area (Å²) in [7, 11) is 0.